The minimum Gasteiger partial charge on any atom is -0.320 e. The molecular formula is C19H19N5O. The summed E-state index contributed by atoms with van der Waals surface area (Å²) in [7, 11) is 0. The fraction of sp³-hybridized carbons (Fsp3) is 0.158. The molecule has 6 heteroatoms. The molecule has 0 fully saturated rings. The fourth-order valence-corrected chi connectivity index (χ4v) is 2.49. The Bertz CT molecular complexity index is 911. The van der Waals surface area contributed by atoms with Crippen molar-refractivity contribution >= 4 is 17.7 Å². The number of carbonyl (C=O) groups excluding carboxylic acids is 1. The fourth-order valence-electron chi connectivity index (χ4n) is 2.49. The van der Waals surface area contributed by atoms with Crippen molar-refractivity contribution in [3.8, 4) is 5.95 Å². The highest BCUT2D eigenvalue weighted by Gasteiger charge is 2.11. The number of imidazole rings is 1. The van der Waals surface area contributed by atoms with Crippen LogP contribution >= 0.6 is 0 Å². The highest BCUT2D eigenvalue weighted by atomic mass is 16.1. The number of aryl methyl sites for hydroxylation is 2. The summed E-state index contributed by atoms with van der Waals surface area (Å²) in [6.45, 7) is 5.84. The van der Waals surface area contributed by atoms with Crippen LogP contribution in [0, 0.1) is 20.8 Å². The van der Waals surface area contributed by atoms with Gasteiger partial charge in [-0.1, -0.05) is 30.3 Å². The van der Waals surface area contributed by atoms with E-state index in [0.717, 1.165) is 22.8 Å². The lowest BCUT2D eigenvalue weighted by atomic mass is 10.2. The van der Waals surface area contributed by atoms with Crippen LogP contribution < -0.4 is 5.32 Å². The van der Waals surface area contributed by atoms with Gasteiger partial charge in [0, 0.05) is 11.8 Å². The van der Waals surface area contributed by atoms with Crippen LogP contribution in [-0.4, -0.2) is 25.4 Å². The highest BCUT2D eigenvalue weighted by molar-refractivity contribution is 6.01. The monoisotopic (exact) mass is 333 g/mol. The number of anilines is 1. The molecule has 25 heavy (non-hydrogen) atoms. The maximum Gasteiger partial charge on any atom is 0.248 e. The molecule has 1 aromatic carbocycles. The molecule has 3 aromatic rings. The number of aromatic nitrogens is 4. The average Bonchev–Trinajstić information content (AvgIpc) is 2.87. The van der Waals surface area contributed by atoms with Crippen molar-refractivity contribution in [2.45, 2.75) is 20.8 Å². The predicted molar refractivity (Wildman–Crippen MR) is 97.5 cm³/mol. The van der Waals surface area contributed by atoms with Crippen molar-refractivity contribution in [2.24, 2.45) is 0 Å². The first-order valence-electron chi connectivity index (χ1n) is 7.93. The first kappa shape index (κ1) is 16.6. The Morgan fingerprint density at radius 3 is 2.36 bits per heavy atom. The van der Waals surface area contributed by atoms with Crippen molar-refractivity contribution in [3.63, 3.8) is 0 Å². The maximum atomic E-state index is 12.0. The van der Waals surface area contributed by atoms with E-state index in [9.17, 15) is 4.79 Å². The van der Waals surface area contributed by atoms with Crippen LogP contribution in [0.5, 0.6) is 0 Å². The summed E-state index contributed by atoms with van der Waals surface area (Å²) < 4.78 is 1.89. The summed E-state index contributed by atoms with van der Waals surface area (Å²) in [5.41, 5.74) is 3.45. The van der Waals surface area contributed by atoms with E-state index in [-0.39, 0.29) is 5.91 Å². The lowest BCUT2D eigenvalue weighted by Crippen LogP contribution is -2.10. The van der Waals surface area contributed by atoms with E-state index in [1.807, 2.05) is 55.7 Å². The largest absolute Gasteiger partial charge is 0.320 e. The molecule has 2 heterocycles. The van der Waals surface area contributed by atoms with Crippen LogP contribution in [0.15, 0.2) is 48.8 Å². The molecule has 0 aliphatic rings. The molecule has 0 aliphatic carbocycles. The summed E-state index contributed by atoms with van der Waals surface area (Å²) >= 11 is 0. The molecule has 1 N–H and O–H groups in total. The van der Waals surface area contributed by atoms with Crippen molar-refractivity contribution in [1.29, 1.82) is 0 Å². The van der Waals surface area contributed by atoms with E-state index >= 15 is 0 Å². The quantitative estimate of drug-likeness (QED) is 0.744. The number of amides is 1. The van der Waals surface area contributed by atoms with Crippen molar-refractivity contribution in [3.05, 3.63) is 71.6 Å². The zero-order valence-electron chi connectivity index (χ0n) is 14.4. The van der Waals surface area contributed by atoms with Gasteiger partial charge < -0.3 is 5.32 Å². The second kappa shape index (κ2) is 7.09. The van der Waals surface area contributed by atoms with E-state index in [1.54, 1.807) is 18.5 Å². The van der Waals surface area contributed by atoms with Gasteiger partial charge in [-0.2, -0.15) is 0 Å². The predicted octanol–water partition coefficient (Wildman–Crippen LogP) is 3.24. The number of benzene rings is 1. The average molecular weight is 333 g/mol. The summed E-state index contributed by atoms with van der Waals surface area (Å²) in [6.07, 6.45) is 6.41. The Hall–Kier alpha value is -3.28. The molecule has 3 rings (SSSR count). The molecule has 2 aromatic heterocycles. The van der Waals surface area contributed by atoms with E-state index in [4.69, 9.17) is 0 Å². The van der Waals surface area contributed by atoms with E-state index < -0.39 is 0 Å². The van der Waals surface area contributed by atoms with E-state index in [2.05, 4.69) is 20.3 Å². The first-order valence-corrected chi connectivity index (χ1v) is 7.93. The first-order chi connectivity index (χ1) is 12.0. The van der Waals surface area contributed by atoms with Gasteiger partial charge in [0.1, 0.15) is 5.82 Å². The Kier molecular flexibility index (Phi) is 4.70. The molecule has 0 bridgehead atoms. The van der Waals surface area contributed by atoms with Gasteiger partial charge in [-0.3, -0.25) is 9.36 Å². The standard InChI is InChI=1S/C19H19N5O/c1-13-14(2)24(15(3)22-13)19-20-11-17(12-21-19)23-18(25)10-9-16-7-5-4-6-8-16/h4-12H,1-3H3,(H,23,25)/b10-9+. The molecule has 0 saturated heterocycles. The minimum atomic E-state index is -0.231. The number of hydrogen-bond donors (Lipinski definition) is 1. The molecule has 6 nitrogen and oxygen atoms in total. The molecule has 126 valence electrons. The molecule has 0 radical (unpaired) electrons. The lowest BCUT2D eigenvalue weighted by Gasteiger charge is -2.07. The third-order valence-electron chi connectivity index (χ3n) is 3.84. The number of nitrogens with zero attached hydrogens (tertiary/aromatic N) is 4. The smallest absolute Gasteiger partial charge is 0.248 e. The van der Waals surface area contributed by atoms with E-state index in [0.29, 0.717) is 11.6 Å². The molecule has 0 aliphatic heterocycles. The lowest BCUT2D eigenvalue weighted by molar-refractivity contribution is -0.111. The summed E-state index contributed by atoms with van der Waals surface area (Å²) in [5.74, 6) is 1.14. The number of carbonyl (C=O) groups is 1. The second-order valence-electron chi connectivity index (χ2n) is 5.67. The Morgan fingerprint density at radius 2 is 1.76 bits per heavy atom. The summed E-state index contributed by atoms with van der Waals surface area (Å²) in [6, 6.07) is 9.64. The van der Waals surface area contributed by atoms with Gasteiger partial charge in [-0.05, 0) is 32.4 Å². The van der Waals surface area contributed by atoms with Gasteiger partial charge in [0.15, 0.2) is 0 Å². The van der Waals surface area contributed by atoms with Crippen LogP contribution in [0.3, 0.4) is 0 Å². The van der Waals surface area contributed by atoms with Crippen LogP contribution in [0.2, 0.25) is 0 Å². The second-order valence-corrected chi connectivity index (χ2v) is 5.67. The van der Waals surface area contributed by atoms with Crippen molar-refractivity contribution in [2.75, 3.05) is 5.32 Å². The van der Waals surface area contributed by atoms with Gasteiger partial charge in [-0.15, -0.1) is 0 Å². The zero-order valence-corrected chi connectivity index (χ0v) is 14.4. The van der Waals surface area contributed by atoms with E-state index in [1.165, 1.54) is 6.08 Å². The van der Waals surface area contributed by atoms with Crippen LogP contribution in [0.4, 0.5) is 5.69 Å². The van der Waals surface area contributed by atoms with Gasteiger partial charge in [0.25, 0.3) is 0 Å². The molecule has 0 atom stereocenters. The Balaban J connectivity index is 1.70. The SMILES string of the molecule is Cc1nc(C)n(-c2ncc(NC(=O)/C=C/c3ccccc3)cn2)c1C. The molecule has 0 saturated carbocycles. The molecule has 1 amide bonds. The molecule has 0 spiro atoms. The normalized spacial score (nSPS) is 11.0. The van der Waals surface area contributed by atoms with Gasteiger partial charge in [0.2, 0.25) is 11.9 Å². The van der Waals surface area contributed by atoms with Gasteiger partial charge in [0.05, 0.1) is 23.8 Å². The molecular weight excluding hydrogens is 314 g/mol. The van der Waals surface area contributed by atoms with Crippen LogP contribution in [-0.2, 0) is 4.79 Å². The van der Waals surface area contributed by atoms with Crippen LogP contribution in [0.1, 0.15) is 22.8 Å². The van der Waals surface area contributed by atoms with Crippen molar-refractivity contribution in [1.82, 2.24) is 19.5 Å². The third-order valence-corrected chi connectivity index (χ3v) is 3.84. The maximum absolute atomic E-state index is 12.0. The highest BCUT2D eigenvalue weighted by Crippen LogP contribution is 2.14. The summed E-state index contributed by atoms with van der Waals surface area (Å²) in [5, 5.41) is 2.75. The van der Waals surface area contributed by atoms with Gasteiger partial charge >= 0.3 is 0 Å². The number of rotatable bonds is 4. The Labute approximate surface area is 146 Å². The zero-order chi connectivity index (χ0) is 17.8. The topological polar surface area (TPSA) is 72.7 Å². The number of nitrogens with one attached hydrogen (secondary N) is 1. The number of hydrogen-bond acceptors (Lipinski definition) is 4. The van der Waals surface area contributed by atoms with Crippen LogP contribution in [0.25, 0.3) is 12.0 Å². The van der Waals surface area contributed by atoms with Crippen molar-refractivity contribution < 1.29 is 4.79 Å². The third kappa shape index (κ3) is 3.80. The minimum absolute atomic E-state index is 0.231. The van der Waals surface area contributed by atoms with Gasteiger partial charge in [-0.25, -0.2) is 15.0 Å². The summed E-state index contributed by atoms with van der Waals surface area (Å²) in [4.78, 5) is 25.1. The Morgan fingerprint density at radius 1 is 1.08 bits per heavy atom. The molecule has 0 unspecified atom stereocenters.